The molecule has 0 bridgehead atoms. The van der Waals surface area contributed by atoms with E-state index in [4.69, 9.17) is 0 Å². The van der Waals surface area contributed by atoms with Crippen molar-refractivity contribution >= 4 is 28.5 Å². The molecule has 0 fully saturated rings. The fourth-order valence-electron chi connectivity index (χ4n) is 3.61. The Morgan fingerprint density at radius 2 is 1.81 bits per heavy atom. The summed E-state index contributed by atoms with van der Waals surface area (Å²) in [5.41, 5.74) is 3.94. The van der Waals surface area contributed by atoms with Gasteiger partial charge in [-0.2, -0.15) is 0 Å². The molecule has 0 saturated heterocycles. The molecule has 0 unspecified atom stereocenters. The van der Waals surface area contributed by atoms with Crippen LogP contribution in [0.5, 0.6) is 0 Å². The number of anilines is 1. The van der Waals surface area contributed by atoms with Gasteiger partial charge < -0.3 is 10.6 Å². The first-order chi connectivity index (χ1) is 14.9. The van der Waals surface area contributed by atoms with Gasteiger partial charge in [-0.25, -0.2) is 4.98 Å². The zero-order valence-corrected chi connectivity index (χ0v) is 18.2. The van der Waals surface area contributed by atoms with Crippen molar-refractivity contribution in [1.82, 2.24) is 14.9 Å². The SMILES string of the molecule is CCNC(=O)CCc1nc2ccccc2n(CC(=O)Nc2c(C)cccc2CC)c1=O. The van der Waals surface area contributed by atoms with E-state index in [0.29, 0.717) is 17.6 Å². The second-order valence-corrected chi connectivity index (χ2v) is 7.40. The number of nitrogens with one attached hydrogen (secondary N) is 2. The lowest BCUT2D eigenvalue weighted by Crippen LogP contribution is -2.32. The number of para-hydroxylation sites is 3. The Labute approximate surface area is 181 Å². The predicted molar refractivity (Wildman–Crippen MR) is 122 cm³/mol. The molecule has 162 valence electrons. The van der Waals surface area contributed by atoms with E-state index in [2.05, 4.69) is 15.6 Å². The average Bonchev–Trinajstić information content (AvgIpc) is 2.76. The number of aryl methyl sites for hydroxylation is 3. The van der Waals surface area contributed by atoms with E-state index in [9.17, 15) is 14.4 Å². The zero-order valence-electron chi connectivity index (χ0n) is 18.2. The maximum Gasteiger partial charge on any atom is 0.273 e. The van der Waals surface area contributed by atoms with Crippen molar-refractivity contribution in [2.45, 2.75) is 46.6 Å². The van der Waals surface area contributed by atoms with Crippen LogP contribution >= 0.6 is 0 Å². The lowest BCUT2D eigenvalue weighted by atomic mass is 10.1. The van der Waals surface area contributed by atoms with Crippen LogP contribution in [0.25, 0.3) is 11.0 Å². The Morgan fingerprint density at radius 1 is 1.03 bits per heavy atom. The molecule has 0 aliphatic carbocycles. The average molecular weight is 421 g/mol. The first-order valence-electron chi connectivity index (χ1n) is 10.6. The third-order valence-corrected chi connectivity index (χ3v) is 5.19. The molecule has 0 aliphatic heterocycles. The van der Waals surface area contributed by atoms with Crippen LogP contribution in [0.4, 0.5) is 5.69 Å². The summed E-state index contributed by atoms with van der Waals surface area (Å²) in [6.45, 7) is 6.23. The predicted octanol–water partition coefficient (Wildman–Crippen LogP) is 2.97. The smallest absolute Gasteiger partial charge is 0.273 e. The lowest BCUT2D eigenvalue weighted by Gasteiger charge is -2.15. The number of aromatic nitrogens is 2. The van der Waals surface area contributed by atoms with Crippen molar-refractivity contribution in [1.29, 1.82) is 0 Å². The maximum absolute atomic E-state index is 13.1. The van der Waals surface area contributed by atoms with Crippen LogP contribution in [0.15, 0.2) is 47.3 Å². The second kappa shape index (κ2) is 10.0. The van der Waals surface area contributed by atoms with Gasteiger partial charge in [0, 0.05) is 25.1 Å². The van der Waals surface area contributed by atoms with Crippen LogP contribution in [0.2, 0.25) is 0 Å². The fraction of sp³-hybridized carbons (Fsp3) is 0.333. The number of rotatable bonds is 8. The molecule has 0 aliphatic rings. The molecule has 2 amide bonds. The van der Waals surface area contributed by atoms with Crippen LogP contribution in [0, 0.1) is 6.92 Å². The minimum absolute atomic E-state index is 0.131. The summed E-state index contributed by atoms with van der Waals surface area (Å²) in [5.74, 6) is -0.412. The van der Waals surface area contributed by atoms with Gasteiger partial charge in [0.2, 0.25) is 11.8 Å². The van der Waals surface area contributed by atoms with Gasteiger partial charge in [0.15, 0.2) is 0 Å². The molecular formula is C24H28N4O3. The number of fused-ring (bicyclic) bond motifs is 1. The van der Waals surface area contributed by atoms with Crippen molar-refractivity contribution in [3.05, 3.63) is 69.6 Å². The van der Waals surface area contributed by atoms with E-state index in [1.807, 2.05) is 51.1 Å². The highest BCUT2D eigenvalue weighted by Gasteiger charge is 2.16. The molecule has 0 atom stereocenters. The Balaban J connectivity index is 1.92. The normalized spacial score (nSPS) is 10.8. The topological polar surface area (TPSA) is 93.1 Å². The molecule has 0 saturated carbocycles. The van der Waals surface area contributed by atoms with Gasteiger partial charge in [0.1, 0.15) is 12.2 Å². The van der Waals surface area contributed by atoms with Gasteiger partial charge in [0.25, 0.3) is 5.56 Å². The summed E-state index contributed by atoms with van der Waals surface area (Å²) in [6, 6.07) is 13.1. The van der Waals surface area contributed by atoms with Crippen LogP contribution in [0.3, 0.4) is 0 Å². The number of carbonyl (C=O) groups is 2. The number of hydrogen-bond donors (Lipinski definition) is 2. The van der Waals surface area contributed by atoms with Gasteiger partial charge in [-0.05, 0) is 43.5 Å². The zero-order chi connectivity index (χ0) is 22.4. The summed E-state index contributed by atoms with van der Waals surface area (Å²) in [4.78, 5) is 42.3. The Morgan fingerprint density at radius 3 is 2.55 bits per heavy atom. The monoisotopic (exact) mass is 420 g/mol. The minimum Gasteiger partial charge on any atom is -0.356 e. The Bertz CT molecular complexity index is 1170. The van der Waals surface area contributed by atoms with E-state index in [-0.39, 0.29) is 42.5 Å². The van der Waals surface area contributed by atoms with Crippen LogP contribution < -0.4 is 16.2 Å². The van der Waals surface area contributed by atoms with E-state index < -0.39 is 0 Å². The quantitative estimate of drug-likeness (QED) is 0.586. The highest BCUT2D eigenvalue weighted by atomic mass is 16.2. The standard InChI is InChI=1S/C24H28N4O3/c1-4-17-10-8-9-16(3)23(17)27-22(30)15-28-20-12-7-6-11-18(20)26-19(24(28)31)13-14-21(29)25-5-2/h6-12H,4-5,13-15H2,1-3H3,(H,25,29)(H,27,30). The molecule has 0 radical (unpaired) electrons. The third kappa shape index (κ3) is 5.17. The summed E-state index contributed by atoms with van der Waals surface area (Å²) < 4.78 is 1.44. The molecule has 0 spiro atoms. The van der Waals surface area contributed by atoms with Gasteiger partial charge in [-0.1, -0.05) is 37.3 Å². The molecule has 2 N–H and O–H groups in total. The summed E-state index contributed by atoms with van der Waals surface area (Å²) in [7, 11) is 0. The Hall–Kier alpha value is -3.48. The number of carbonyl (C=O) groups excluding carboxylic acids is 2. The van der Waals surface area contributed by atoms with Gasteiger partial charge in [-0.15, -0.1) is 0 Å². The van der Waals surface area contributed by atoms with Gasteiger partial charge in [-0.3, -0.25) is 19.0 Å². The van der Waals surface area contributed by atoms with Crippen molar-refractivity contribution < 1.29 is 9.59 Å². The molecule has 3 rings (SSSR count). The molecule has 7 nitrogen and oxygen atoms in total. The highest BCUT2D eigenvalue weighted by molar-refractivity contribution is 5.93. The highest BCUT2D eigenvalue weighted by Crippen LogP contribution is 2.21. The minimum atomic E-state index is -0.348. The summed E-state index contributed by atoms with van der Waals surface area (Å²) >= 11 is 0. The number of benzene rings is 2. The number of hydrogen-bond acceptors (Lipinski definition) is 4. The second-order valence-electron chi connectivity index (χ2n) is 7.40. The van der Waals surface area contributed by atoms with Gasteiger partial charge >= 0.3 is 0 Å². The molecule has 7 heteroatoms. The molecule has 1 aromatic heterocycles. The van der Waals surface area contributed by atoms with Gasteiger partial charge in [0.05, 0.1) is 11.0 Å². The Kier molecular flexibility index (Phi) is 7.18. The summed E-state index contributed by atoms with van der Waals surface area (Å²) in [6.07, 6.45) is 1.18. The van der Waals surface area contributed by atoms with E-state index >= 15 is 0 Å². The maximum atomic E-state index is 13.1. The van der Waals surface area contributed by atoms with E-state index in [1.165, 1.54) is 4.57 Å². The number of amides is 2. The third-order valence-electron chi connectivity index (χ3n) is 5.19. The van der Waals surface area contributed by atoms with Crippen LogP contribution in [-0.2, 0) is 29.0 Å². The molecule has 31 heavy (non-hydrogen) atoms. The molecular weight excluding hydrogens is 392 g/mol. The summed E-state index contributed by atoms with van der Waals surface area (Å²) in [5, 5.41) is 5.70. The van der Waals surface area contributed by atoms with Crippen LogP contribution in [0.1, 0.15) is 37.1 Å². The number of nitrogens with zero attached hydrogens (tertiary/aromatic N) is 2. The first-order valence-corrected chi connectivity index (χ1v) is 10.6. The fourth-order valence-corrected chi connectivity index (χ4v) is 3.61. The van der Waals surface area contributed by atoms with Crippen molar-refractivity contribution in [2.75, 3.05) is 11.9 Å². The lowest BCUT2D eigenvalue weighted by molar-refractivity contribution is -0.121. The molecule has 2 aromatic carbocycles. The van der Waals surface area contributed by atoms with Crippen molar-refractivity contribution in [3.63, 3.8) is 0 Å². The van der Waals surface area contributed by atoms with Crippen LogP contribution in [-0.4, -0.2) is 27.9 Å². The first kappa shape index (κ1) is 22.2. The largest absolute Gasteiger partial charge is 0.356 e. The van der Waals surface area contributed by atoms with Crippen molar-refractivity contribution in [3.8, 4) is 0 Å². The molecule has 3 aromatic rings. The van der Waals surface area contributed by atoms with E-state index in [1.54, 1.807) is 12.1 Å². The van der Waals surface area contributed by atoms with Crippen molar-refractivity contribution in [2.24, 2.45) is 0 Å². The van der Waals surface area contributed by atoms with E-state index in [0.717, 1.165) is 23.2 Å². The molecule has 1 heterocycles.